The van der Waals surface area contributed by atoms with Gasteiger partial charge < -0.3 is 10.1 Å². The van der Waals surface area contributed by atoms with Gasteiger partial charge in [0, 0.05) is 13.0 Å². The minimum atomic E-state index is -2.52. The number of hydrogen-bond acceptors (Lipinski definition) is 2. The fraction of sp³-hybridized carbons (Fsp3) is 0.833. The number of alkyl halides is 2. The van der Waals surface area contributed by atoms with Crippen LogP contribution in [0.1, 0.15) is 6.42 Å². The van der Waals surface area contributed by atoms with Crippen molar-refractivity contribution in [3.05, 3.63) is 0 Å². The second-order valence-corrected chi connectivity index (χ2v) is 2.30. The number of rotatable bonds is 1. The molecule has 1 atom stereocenters. The Morgan fingerprint density at radius 2 is 2.36 bits per heavy atom. The average Bonchev–Trinajstić information content (AvgIpc) is 2.13. The molecule has 1 amide bonds. The zero-order valence-corrected chi connectivity index (χ0v) is 5.85. The van der Waals surface area contributed by atoms with E-state index in [4.69, 9.17) is 4.74 Å². The lowest BCUT2D eigenvalue weighted by Gasteiger charge is -2.12. The van der Waals surface area contributed by atoms with Crippen LogP contribution in [0.5, 0.6) is 0 Å². The second-order valence-electron chi connectivity index (χ2n) is 2.30. The van der Waals surface area contributed by atoms with Crippen LogP contribution >= 0.6 is 0 Å². The molecule has 5 heteroatoms. The third-order valence-electron chi connectivity index (χ3n) is 1.44. The highest BCUT2D eigenvalue weighted by molar-refractivity contribution is 5.76. The van der Waals surface area contributed by atoms with Gasteiger partial charge in [0.2, 0.25) is 5.91 Å². The Bertz CT molecular complexity index is 152. The van der Waals surface area contributed by atoms with Crippen molar-refractivity contribution in [3.8, 4) is 0 Å². The first kappa shape index (κ1) is 8.39. The van der Waals surface area contributed by atoms with Crippen LogP contribution in [-0.2, 0) is 9.53 Å². The molecule has 0 spiro atoms. The molecule has 1 rings (SSSR count). The van der Waals surface area contributed by atoms with Crippen LogP contribution in [0.25, 0.3) is 0 Å². The van der Waals surface area contributed by atoms with Crippen LogP contribution in [0.2, 0.25) is 0 Å². The summed E-state index contributed by atoms with van der Waals surface area (Å²) in [6.45, 7) is -0.00264. The summed E-state index contributed by atoms with van der Waals surface area (Å²) in [5.41, 5.74) is 0. The summed E-state index contributed by atoms with van der Waals surface area (Å²) in [5.74, 6) is -0.229. The molecule has 0 aromatic rings. The van der Waals surface area contributed by atoms with Crippen LogP contribution in [0, 0.1) is 0 Å². The van der Waals surface area contributed by atoms with E-state index in [1.54, 1.807) is 0 Å². The molecule has 1 aliphatic rings. The summed E-state index contributed by atoms with van der Waals surface area (Å²) in [5, 5.41) is 2.33. The van der Waals surface area contributed by atoms with Crippen molar-refractivity contribution in [2.75, 3.05) is 13.2 Å². The Kier molecular flexibility index (Phi) is 2.76. The minimum Gasteiger partial charge on any atom is -0.370 e. The van der Waals surface area contributed by atoms with Gasteiger partial charge in [0.15, 0.2) is 0 Å². The van der Waals surface area contributed by atoms with Crippen molar-refractivity contribution in [1.29, 1.82) is 0 Å². The SMILES string of the molecule is O=C1CCOC(C(F)F)CN1. The number of nitrogens with one attached hydrogen (secondary N) is 1. The summed E-state index contributed by atoms with van der Waals surface area (Å²) < 4.78 is 28.6. The van der Waals surface area contributed by atoms with Crippen LogP contribution < -0.4 is 5.32 Å². The molecule has 0 aromatic heterocycles. The molecule has 1 aliphatic heterocycles. The summed E-state index contributed by atoms with van der Waals surface area (Å²) in [7, 11) is 0. The standard InChI is InChI=1S/C6H9F2NO2/c7-6(8)4-3-9-5(10)1-2-11-4/h4,6H,1-3H2,(H,9,10). The molecular formula is C6H9F2NO2. The first-order valence-corrected chi connectivity index (χ1v) is 3.36. The van der Waals surface area contributed by atoms with E-state index in [2.05, 4.69) is 5.32 Å². The number of amides is 1. The summed E-state index contributed by atoms with van der Waals surface area (Å²) in [6.07, 6.45) is -3.49. The third-order valence-corrected chi connectivity index (χ3v) is 1.44. The van der Waals surface area contributed by atoms with Gasteiger partial charge in [0.05, 0.1) is 6.61 Å². The third kappa shape index (κ3) is 2.42. The summed E-state index contributed by atoms with van der Waals surface area (Å²) in [4.78, 5) is 10.6. The maximum atomic E-state index is 12.0. The van der Waals surface area contributed by atoms with Gasteiger partial charge in [-0.05, 0) is 0 Å². The largest absolute Gasteiger partial charge is 0.370 e. The van der Waals surface area contributed by atoms with Crippen molar-refractivity contribution in [1.82, 2.24) is 5.32 Å². The van der Waals surface area contributed by atoms with E-state index in [0.29, 0.717) is 0 Å². The van der Waals surface area contributed by atoms with Gasteiger partial charge in [-0.3, -0.25) is 4.79 Å². The van der Waals surface area contributed by atoms with Gasteiger partial charge in [0.25, 0.3) is 6.43 Å². The summed E-state index contributed by atoms with van der Waals surface area (Å²) in [6, 6.07) is 0. The molecule has 1 N–H and O–H groups in total. The average molecular weight is 165 g/mol. The Labute approximate surface area is 62.7 Å². The first-order valence-electron chi connectivity index (χ1n) is 3.36. The maximum Gasteiger partial charge on any atom is 0.266 e. The van der Waals surface area contributed by atoms with E-state index < -0.39 is 12.5 Å². The highest BCUT2D eigenvalue weighted by Crippen LogP contribution is 2.07. The van der Waals surface area contributed by atoms with Crippen LogP contribution in [-0.4, -0.2) is 31.6 Å². The van der Waals surface area contributed by atoms with Gasteiger partial charge in [-0.1, -0.05) is 0 Å². The van der Waals surface area contributed by atoms with Crippen LogP contribution in [0.3, 0.4) is 0 Å². The summed E-state index contributed by atoms with van der Waals surface area (Å²) >= 11 is 0. The lowest BCUT2D eigenvalue weighted by molar-refractivity contribution is -0.120. The molecular weight excluding hydrogens is 156 g/mol. The number of halogens is 2. The minimum absolute atomic E-state index is 0.0842. The zero-order valence-electron chi connectivity index (χ0n) is 5.85. The molecule has 0 bridgehead atoms. The Morgan fingerprint density at radius 3 is 3.00 bits per heavy atom. The van der Waals surface area contributed by atoms with Crippen molar-refractivity contribution < 1.29 is 18.3 Å². The molecule has 0 aliphatic carbocycles. The van der Waals surface area contributed by atoms with E-state index >= 15 is 0 Å². The number of hydrogen-bond donors (Lipinski definition) is 1. The zero-order chi connectivity index (χ0) is 8.27. The van der Waals surface area contributed by atoms with Crippen LogP contribution in [0.15, 0.2) is 0 Å². The molecule has 3 nitrogen and oxygen atoms in total. The molecule has 1 fully saturated rings. The number of ether oxygens (including phenoxy) is 1. The van der Waals surface area contributed by atoms with Crippen molar-refractivity contribution in [2.24, 2.45) is 0 Å². The topological polar surface area (TPSA) is 38.3 Å². The normalized spacial score (nSPS) is 26.5. The molecule has 1 unspecified atom stereocenters. The quantitative estimate of drug-likeness (QED) is 0.601. The predicted octanol–water partition coefficient (Wildman–Crippen LogP) is 0.157. The van der Waals surface area contributed by atoms with Crippen LogP contribution in [0.4, 0.5) is 8.78 Å². The van der Waals surface area contributed by atoms with Gasteiger partial charge in [0.1, 0.15) is 6.10 Å². The monoisotopic (exact) mass is 165 g/mol. The van der Waals surface area contributed by atoms with Gasteiger partial charge >= 0.3 is 0 Å². The lowest BCUT2D eigenvalue weighted by Crippen LogP contribution is -2.33. The molecule has 1 saturated heterocycles. The van der Waals surface area contributed by atoms with Crippen molar-refractivity contribution in [3.63, 3.8) is 0 Å². The number of carbonyl (C=O) groups excluding carboxylic acids is 1. The molecule has 64 valence electrons. The lowest BCUT2D eigenvalue weighted by atomic mass is 10.4. The Hall–Kier alpha value is -0.710. The number of carbonyl (C=O) groups is 1. The smallest absolute Gasteiger partial charge is 0.266 e. The van der Waals surface area contributed by atoms with Crippen molar-refractivity contribution in [2.45, 2.75) is 19.0 Å². The van der Waals surface area contributed by atoms with E-state index in [1.807, 2.05) is 0 Å². The maximum absolute atomic E-state index is 12.0. The van der Waals surface area contributed by atoms with Crippen molar-refractivity contribution >= 4 is 5.91 Å². The molecule has 0 saturated carbocycles. The van der Waals surface area contributed by atoms with E-state index in [1.165, 1.54) is 0 Å². The highest BCUT2D eigenvalue weighted by Gasteiger charge is 2.24. The van der Waals surface area contributed by atoms with Gasteiger partial charge in [-0.25, -0.2) is 8.78 Å². The fourth-order valence-corrected chi connectivity index (χ4v) is 0.827. The first-order chi connectivity index (χ1) is 5.20. The van der Waals surface area contributed by atoms with E-state index in [9.17, 15) is 13.6 Å². The molecule has 0 aromatic carbocycles. The molecule has 11 heavy (non-hydrogen) atoms. The molecule has 1 heterocycles. The van der Waals surface area contributed by atoms with Gasteiger partial charge in [-0.2, -0.15) is 0 Å². The van der Waals surface area contributed by atoms with E-state index in [-0.39, 0.29) is 25.5 Å². The fourth-order valence-electron chi connectivity index (χ4n) is 0.827. The molecule has 0 radical (unpaired) electrons. The Morgan fingerprint density at radius 1 is 1.64 bits per heavy atom. The van der Waals surface area contributed by atoms with Gasteiger partial charge in [-0.15, -0.1) is 0 Å². The second kappa shape index (κ2) is 3.61. The predicted molar refractivity (Wildman–Crippen MR) is 33.4 cm³/mol. The highest BCUT2D eigenvalue weighted by atomic mass is 19.3. The Balaban J connectivity index is 2.40. The van der Waals surface area contributed by atoms with E-state index in [0.717, 1.165) is 0 Å².